The van der Waals surface area contributed by atoms with Crippen molar-refractivity contribution in [1.29, 1.82) is 0 Å². The van der Waals surface area contributed by atoms with E-state index < -0.39 is 24.4 Å². The number of halogens is 1. The smallest absolute Gasteiger partial charge is 0.306 e. The molecule has 0 saturated carbocycles. The predicted octanol–water partition coefficient (Wildman–Crippen LogP) is 2.09. The first-order chi connectivity index (χ1) is 11.1. The predicted molar refractivity (Wildman–Crippen MR) is 88.6 cm³/mol. The highest BCUT2D eigenvalue weighted by Gasteiger charge is 2.18. The van der Waals surface area contributed by atoms with E-state index >= 15 is 0 Å². The fourth-order valence-corrected chi connectivity index (χ4v) is 1.89. The van der Waals surface area contributed by atoms with Gasteiger partial charge in [0.05, 0.1) is 19.1 Å². The van der Waals surface area contributed by atoms with Gasteiger partial charge in [-0.25, -0.2) is 0 Å². The maximum Gasteiger partial charge on any atom is 0.306 e. The van der Waals surface area contributed by atoms with Crippen LogP contribution >= 0.6 is 11.6 Å². The summed E-state index contributed by atoms with van der Waals surface area (Å²) in [6.07, 6.45) is 0.187. The summed E-state index contributed by atoms with van der Waals surface area (Å²) in [6.45, 7) is 5.16. The second-order valence-corrected chi connectivity index (χ2v) is 6.68. The molecule has 0 aromatic heterocycles. The van der Waals surface area contributed by atoms with Crippen molar-refractivity contribution in [1.82, 2.24) is 10.9 Å². The van der Waals surface area contributed by atoms with Gasteiger partial charge < -0.3 is 9.47 Å². The number of hydrazine groups is 1. The maximum absolute atomic E-state index is 12.0. The van der Waals surface area contributed by atoms with Crippen LogP contribution in [0.3, 0.4) is 0 Å². The van der Waals surface area contributed by atoms with Gasteiger partial charge in [0.1, 0.15) is 5.75 Å². The van der Waals surface area contributed by atoms with E-state index in [1.807, 2.05) is 20.8 Å². The van der Waals surface area contributed by atoms with Crippen LogP contribution in [0.1, 0.15) is 37.6 Å². The molecular weight excluding hydrogens is 336 g/mol. The molecule has 0 aliphatic rings. The van der Waals surface area contributed by atoms with Crippen molar-refractivity contribution in [2.75, 3.05) is 13.7 Å². The van der Waals surface area contributed by atoms with Crippen molar-refractivity contribution in [3.63, 3.8) is 0 Å². The van der Waals surface area contributed by atoms with Gasteiger partial charge in [0.25, 0.3) is 11.8 Å². The van der Waals surface area contributed by atoms with Gasteiger partial charge in [-0.1, -0.05) is 32.4 Å². The molecule has 1 rings (SSSR count). The van der Waals surface area contributed by atoms with E-state index in [2.05, 4.69) is 10.9 Å². The molecule has 0 atom stereocenters. The van der Waals surface area contributed by atoms with Crippen molar-refractivity contribution in [3.8, 4) is 5.75 Å². The number of benzene rings is 1. The van der Waals surface area contributed by atoms with Gasteiger partial charge in [-0.3, -0.25) is 25.2 Å². The highest BCUT2D eigenvalue weighted by atomic mass is 35.5. The van der Waals surface area contributed by atoms with Crippen LogP contribution in [0.15, 0.2) is 18.2 Å². The molecular formula is C16H21ClN2O5. The summed E-state index contributed by atoms with van der Waals surface area (Å²) in [7, 11) is 1.41. The minimum absolute atomic E-state index is 0.162. The van der Waals surface area contributed by atoms with Gasteiger partial charge >= 0.3 is 5.97 Å². The van der Waals surface area contributed by atoms with Crippen LogP contribution in [-0.2, 0) is 14.3 Å². The Hall–Kier alpha value is -2.28. The Morgan fingerprint density at radius 3 is 2.42 bits per heavy atom. The number of ether oxygens (including phenoxy) is 2. The molecule has 2 N–H and O–H groups in total. The number of hydrogen-bond acceptors (Lipinski definition) is 5. The number of carbonyl (C=O) groups excluding carboxylic acids is 3. The Morgan fingerprint density at radius 2 is 1.83 bits per heavy atom. The van der Waals surface area contributed by atoms with E-state index in [1.165, 1.54) is 19.2 Å². The first-order valence-electron chi connectivity index (χ1n) is 7.21. The number of rotatable bonds is 5. The second kappa shape index (κ2) is 8.54. The number of amides is 2. The molecule has 2 amide bonds. The summed E-state index contributed by atoms with van der Waals surface area (Å²) < 4.78 is 9.89. The number of carbonyl (C=O) groups is 3. The summed E-state index contributed by atoms with van der Waals surface area (Å²) in [5, 5.41) is 0.350. The Labute approximate surface area is 145 Å². The van der Waals surface area contributed by atoms with E-state index in [0.29, 0.717) is 10.8 Å². The van der Waals surface area contributed by atoms with E-state index in [9.17, 15) is 14.4 Å². The Bertz CT molecular complexity index is 625. The summed E-state index contributed by atoms with van der Waals surface area (Å²) >= 11 is 5.84. The van der Waals surface area contributed by atoms with Gasteiger partial charge in [-0.05, 0) is 23.6 Å². The van der Waals surface area contributed by atoms with Crippen LogP contribution in [0.25, 0.3) is 0 Å². The molecule has 0 heterocycles. The van der Waals surface area contributed by atoms with E-state index in [-0.39, 0.29) is 17.4 Å². The first kappa shape index (κ1) is 19.8. The van der Waals surface area contributed by atoms with Crippen LogP contribution in [0, 0.1) is 5.41 Å². The lowest BCUT2D eigenvalue weighted by atomic mass is 9.93. The monoisotopic (exact) mass is 356 g/mol. The van der Waals surface area contributed by atoms with Crippen molar-refractivity contribution in [3.05, 3.63) is 28.8 Å². The molecule has 0 radical (unpaired) electrons. The lowest BCUT2D eigenvalue weighted by molar-refractivity contribution is -0.150. The summed E-state index contributed by atoms with van der Waals surface area (Å²) in [5.74, 6) is -1.45. The van der Waals surface area contributed by atoms with Gasteiger partial charge in [-0.2, -0.15) is 0 Å². The summed E-state index contributed by atoms with van der Waals surface area (Å²) in [4.78, 5) is 35.2. The molecule has 1 aromatic rings. The zero-order valence-corrected chi connectivity index (χ0v) is 14.8. The van der Waals surface area contributed by atoms with Gasteiger partial charge in [0, 0.05) is 5.02 Å². The fourth-order valence-electron chi connectivity index (χ4n) is 1.72. The lowest BCUT2D eigenvalue weighted by Crippen LogP contribution is -2.43. The molecule has 132 valence electrons. The van der Waals surface area contributed by atoms with Gasteiger partial charge in [0.2, 0.25) is 0 Å². The Kier molecular flexibility index (Phi) is 7.03. The average molecular weight is 357 g/mol. The molecule has 0 aliphatic carbocycles. The topological polar surface area (TPSA) is 93.7 Å². The minimum atomic E-state index is -0.661. The molecule has 0 aliphatic heterocycles. The first-order valence-corrected chi connectivity index (χ1v) is 7.58. The molecule has 0 bridgehead atoms. The zero-order valence-electron chi connectivity index (χ0n) is 14.1. The second-order valence-electron chi connectivity index (χ2n) is 6.25. The highest BCUT2D eigenvalue weighted by Crippen LogP contribution is 2.22. The van der Waals surface area contributed by atoms with E-state index in [4.69, 9.17) is 21.1 Å². The largest absolute Gasteiger partial charge is 0.496 e. The molecule has 24 heavy (non-hydrogen) atoms. The lowest BCUT2D eigenvalue weighted by Gasteiger charge is -2.16. The van der Waals surface area contributed by atoms with E-state index in [1.54, 1.807) is 6.07 Å². The fraction of sp³-hybridized carbons (Fsp3) is 0.438. The maximum atomic E-state index is 12.0. The third kappa shape index (κ3) is 6.87. The standard InChI is InChI=1S/C16H21ClN2O5/c1-16(2,3)8-14(21)24-9-13(20)18-19-15(22)11-7-10(17)5-6-12(11)23-4/h5-7H,8-9H2,1-4H3,(H,18,20)(H,19,22). The number of methoxy groups -OCH3 is 1. The number of nitrogens with one attached hydrogen (secondary N) is 2. The van der Waals surface area contributed by atoms with Crippen LogP contribution < -0.4 is 15.6 Å². The van der Waals surface area contributed by atoms with Crippen molar-refractivity contribution < 1.29 is 23.9 Å². The van der Waals surface area contributed by atoms with Crippen molar-refractivity contribution in [2.24, 2.45) is 5.41 Å². The van der Waals surface area contributed by atoms with Crippen molar-refractivity contribution in [2.45, 2.75) is 27.2 Å². The normalized spacial score (nSPS) is 10.7. The summed E-state index contributed by atoms with van der Waals surface area (Å²) in [6, 6.07) is 4.52. The zero-order chi connectivity index (χ0) is 18.3. The van der Waals surface area contributed by atoms with Crippen LogP contribution in [-0.4, -0.2) is 31.5 Å². The molecule has 0 spiro atoms. The molecule has 8 heteroatoms. The van der Waals surface area contributed by atoms with Gasteiger partial charge in [-0.15, -0.1) is 0 Å². The Balaban J connectivity index is 2.49. The molecule has 0 fully saturated rings. The molecule has 0 unspecified atom stereocenters. The van der Waals surface area contributed by atoms with E-state index in [0.717, 1.165) is 0 Å². The third-order valence-corrected chi connectivity index (χ3v) is 3.00. The summed E-state index contributed by atoms with van der Waals surface area (Å²) in [5.41, 5.74) is 4.29. The number of hydrogen-bond donors (Lipinski definition) is 2. The SMILES string of the molecule is COc1ccc(Cl)cc1C(=O)NNC(=O)COC(=O)CC(C)(C)C. The molecule has 0 saturated heterocycles. The Morgan fingerprint density at radius 1 is 1.17 bits per heavy atom. The van der Waals surface area contributed by atoms with Crippen molar-refractivity contribution >= 4 is 29.4 Å². The minimum Gasteiger partial charge on any atom is -0.496 e. The average Bonchev–Trinajstić information content (AvgIpc) is 2.48. The number of esters is 1. The van der Waals surface area contributed by atoms with Gasteiger partial charge in [0.15, 0.2) is 6.61 Å². The van der Waals surface area contributed by atoms with Crippen LogP contribution in [0.4, 0.5) is 0 Å². The highest BCUT2D eigenvalue weighted by molar-refractivity contribution is 6.31. The molecule has 1 aromatic carbocycles. The van der Waals surface area contributed by atoms with Crippen LogP contribution in [0.2, 0.25) is 5.02 Å². The third-order valence-electron chi connectivity index (χ3n) is 2.76. The molecule has 7 nitrogen and oxygen atoms in total. The quantitative estimate of drug-likeness (QED) is 0.622. The van der Waals surface area contributed by atoms with Crippen LogP contribution in [0.5, 0.6) is 5.75 Å².